The average Bonchev–Trinajstić information content (AvgIpc) is 3.20. The number of rotatable bonds is 32. The number of carbonyl (C=O) groups is 1. The molecule has 1 fully saturated rings. The number of unbranched alkanes of at least 4 members (excludes halogenated alkanes) is 22. The lowest BCUT2D eigenvalue weighted by Gasteiger charge is -2.61. The van der Waals surface area contributed by atoms with Gasteiger partial charge in [-0.15, -0.1) is 0 Å². The Morgan fingerprint density at radius 2 is 1.14 bits per heavy atom. The molecule has 2 heteroatoms. The standard InChI is InChI=1S/C57H104O2/c1-12-14-15-16-17-18-19-20-21-22-23-24-25-26-27-28-29-30-31-32-33-34-35-36-54(58)59-53-42-44-57(11)51-41-43-56(10,48(7)49(51)39-40-52(57)55(53,8)9)50(13-2)47(6)38-37-46(5)45(3)4/h45,47-48,50,52-53H,5,12-44H2,1-4,6-11H3/t47-,48+,50-,52+,53+,56+,57+/m1/s1. The van der Waals surface area contributed by atoms with E-state index in [1.165, 1.54) is 198 Å². The number of allylic oxidation sites excluding steroid dienone is 3. The molecular weight excluding hydrogens is 717 g/mol. The highest BCUT2D eigenvalue weighted by molar-refractivity contribution is 5.69. The Bertz CT molecular complexity index is 1210. The molecule has 0 bridgehead atoms. The third-order valence-corrected chi connectivity index (χ3v) is 17.6. The van der Waals surface area contributed by atoms with Crippen LogP contribution in [-0.4, -0.2) is 12.1 Å². The molecule has 0 saturated heterocycles. The largest absolute Gasteiger partial charge is 0.462 e. The fourth-order valence-electron chi connectivity index (χ4n) is 13.2. The Morgan fingerprint density at radius 1 is 0.661 bits per heavy atom. The predicted octanol–water partition coefficient (Wildman–Crippen LogP) is 18.9. The van der Waals surface area contributed by atoms with E-state index < -0.39 is 0 Å². The van der Waals surface area contributed by atoms with Crippen LogP contribution in [0.2, 0.25) is 0 Å². The maximum Gasteiger partial charge on any atom is 0.306 e. The van der Waals surface area contributed by atoms with Crippen molar-refractivity contribution in [1.82, 2.24) is 0 Å². The molecule has 0 aromatic heterocycles. The third kappa shape index (κ3) is 15.9. The molecule has 3 aliphatic carbocycles. The molecule has 0 aliphatic heterocycles. The lowest BCUT2D eigenvalue weighted by Crippen LogP contribution is -2.55. The van der Waals surface area contributed by atoms with E-state index in [0.29, 0.717) is 29.6 Å². The summed E-state index contributed by atoms with van der Waals surface area (Å²) in [5.74, 6) is 3.35. The first-order valence-electron chi connectivity index (χ1n) is 26.8. The van der Waals surface area contributed by atoms with Gasteiger partial charge < -0.3 is 4.74 Å². The highest BCUT2D eigenvalue weighted by Gasteiger charge is 2.58. The zero-order valence-corrected chi connectivity index (χ0v) is 41.8. The highest BCUT2D eigenvalue weighted by atomic mass is 16.5. The predicted molar refractivity (Wildman–Crippen MR) is 260 cm³/mol. The van der Waals surface area contributed by atoms with Gasteiger partial charge in [0.2, 0.25) is 0 Å². The molecule has 344 valence electrons. The molecule has 0 heterocycles. The summed E-state index contributed by atoms with van der Waals surface area (Å²) in [6, 6.07) is 0. The Morgan fingerprint density at radius 3 is 1.59 bits per heavy atom. The minimum atomic E-state index is 0.0108. The minimum absolute atomic E-state index is 0.0108. The molecule has 59 heavy (non-hydrogen) atoms. The molecule has 0 radical (unpaired) electrons. The monoisotopic (exact) mass is 821 g/mol. The van der Waals surface area contributed by atoms with E-state index in [4.69, 9.17) is 4.74 Å². The van der Waals surface area contributed by atoms with Crippen LogP contribution < -0.4 is 0 Å². The van der Waals surface area contributed by atoms with Crippen molar-refractivity contribution in [2.45, 2.75) is 287 Å². The molecular formula is C57H104O2. The number of carbonyl (C=O) groups excluding carboxylic acids is 1. The number of ether oxygens (including phenoxy) is 1. The van der Waals surface area contributed by atoms with Gasteiger partial charge in [-0.05, 0) is 98.2 Å². The molecule has 7 atom stereocenters. The summed E-state index contributed by atoms with van der Waals surface area (Å²) in [6.45, 7) is 29.0. The molecule has 0 amide bonds. The molecule has 0 aromatic rings. The second-order valence-corrected chi connectivity index (χ2v) is 22.5. The minimum Gasteiger partial charge on any atom is -0.462 e. The van der Waals surface area contributed by atoms with Gasteiger partial charge in [0.1, 0.15) is 6.10 Å². The van der Waals surface area contributed by atoms with E-state index in [-0.39, 0.29) is 22.9 Å². The first-order chi connectivity index (χ1) is 28.2. The van der Waals surface area contributed by atoms with Gasteiger partial charge in [-0.3, -0.25) is 4.79 Å². The van der Waals surface area contributed by atoms with Crippen LogP contribution in [0.25, 0.3) is 0 Å². The quantitative estimate of drug-likeness (QED) is 0.0384. The van der Waals surface area contributed by atoms with E-state index in [9.17, 15) is 4.79 Å². The number of esters is 1. The Kier molecular flexibility index (Phi) is 24.1. The summed E-state index contributed by atoms with van der Waals surface area (Å²) >= 11 is 0. The maximum absolute atomic E-state index is 13.2. The summed E-state index contributed by atoms with van der Waals surface area (Å²) in [5.41, 5.74) is 5.67. The van der Waals surface area contributed by atoms with Gasteiger partial charge in [-0.25, -0.2) is 0 Å². The highest BCUT2D eigenvalue weighted by Crippen LogP contribution is 2.65. The van der Waals surface area contributed by atoms with Crippen LogP contribution in [0.15, 0.2) is 23.3 Å². The average molecular weight is 821 g/mol. The Labute approximate surface area is 370 Å². The number of hydrogen-bond donors (Lipinski definition) is 0. The van der Waals surface area contributed by atoms with E-state index in [0.717, 1.165) is 24.7 Å². The first-order valence-corrected chi connectivity index (χ1v) is 26.8. The Balaban J connectivity index is 1.27. The van der Waals surface area contributed by atoms with Crippen molar-refractivity contribution >= 4 is 5.97 Å². The van der Waals surface area contributed by atoms with Crippen LogP contribution in [0.3, 0.4) is 0 Å². The van der Waals surface area contributed by atoms with Crippen LogP contribution >= 0.6 is 0 Å². The molecule has 0 unspecified atom stereocenters. The van der Waals surface area contributed by atoms with Gasteiger partial charge in [0.15, 0.2) is 0 Å². The molecule has 0 N–H and O–H groups in total. The van der Waals surface area contributed by atoms with Crippen LogP contribution in [0.1, 0.15) is 281 Å². The van der Waals surface area contributed by atoms with Crippen molar-refractivity contribution in [3.05, 3.63) is 23.3 Å². The van der Waals surface area contributed by atoms with E-state index in [1.54, 1.807) is 0 Å². The molecule has 3 aliphatic rings. The SMILES string of the molecule is C=C(CC[C@@H](C)[C@@H](CC)[C@@]1(C)CCC2=C(CC[C@H]3C(C)(C)[C@@H](OC(=O)CCCCCCCCCCCCCCCCCCCCCCCCC)CC[C@@]23C)[C@@H]1C)C(C)C. The maximum atomic E-state index is 13.2. The van der Waals surface area contributed by atoms with E-state index >= 15 is 0 Å². The van der Waals surface area contributed by atoms with Gasteiger partial charge in [0, 0.05) is 11.8 Å². The molecule has 1 saturated carbocycles. The molecule has 2 nitrogen and oxygen atoms in total. The lowest BCUT2D eigenvalue weighted by atomic mass is 9.45. The number of hydrogen-bond acceptors (Lipinski definition) is 2. The van der Waals surface area contributed by atoms with Crippen LogP contribution in [0, 0.1) is 45.8 Å². The zero-order chi connectivity index (χ0) is 43.3. The first kappa shape index (κ1) is 52.3. The second-order valence-electron chi connectivity index (χ2n) is 22.5. The summed E-state index contributed by atoms with van der Waals surface area (Å²) < 4.78 is 6.41. The van der Waals surface area contributed by atoms with Crippen LogP contribution in [0.5, 0.6) is 0 Å². The van der Waals surface area contributed by atoms with Crippen molar-refractivity contribution in [2.24, 2.45) is 45.8 Å². The molecule has 3 rings (SSSR count). The number of fused-ring (bicyclic) bond motifs is 2. The molecule has 0 spiro atoms. The summed E-state index contributed by atoms with van der Waals surface area (Å²) in [5, 5.41) is 0. The van der Waals surface area contributed by atoms with Crippen LogP contribution in [0.4, 0.5) is 0 Å². The summed E-state index contributed by atoms with van der Waals surface area (Å²) in [4.78, 5) is 13.2. The van der Waals surface area contributed by atoms with Crippen molar-refractivity contribution in [2.75, 3.05) is 0 Å². The van der Waals surface area contributed by atoms with E-state index in [2.05, 4.69) is 75.8 Å². The van der Waals surface area contributed by atoms with Gasteiger partial charge in [-0.1, -0.05) is 240 Å². The van der Waals surface area contributed by atoms with Crippen molar-refractivity contribution < 1.29 is 9.53 Å². The smallest absolute Gasteiger partial charge is 0.306 e. The van der Waals surface area contributed by atoms with Gasteiger partial charge >= 0.3 is 5.97 Å². The van der Waals surface area contributed by atoms with Gasteiger partial charge in [-0.2, -0.15) is 0 Å². The fourth-order valence-corrected chi connectivity index (χ4v) is 13.2. The summed E-state index contributed by atoms with van der Waals surface area (Å²) in [6.07, 6.45) is 43.7. The Hall–Kier alpha value is -1.05. The lowest BCUT2D eigenvalue weighted by molar-refractivity contribution is -0.169. The van der Waals surface area contributed by atoms with Gasteiger partial charge in [0.05, 0.1) is 0 Å². The van der Waals surface area contributed by atoms with Gasteiger partial charge in [0.25, 0.3) is 0 Å². The van der Waals surface area contributed by atoms with Crippen molar-refractivity contribution in [1.29, 1.82) is 0 Å². The third-order valence-electron chi connectivity index (χ3n) is 17.6. The van der Waals surface area contributed by atoms with Crippen molar-refractivity contribution in [3.8, 4) is 0 Å². The van der Waals surface area contributed by atoms with Crippen LogP contribution in [-0.2, 0) is 9.53 Å². The van der Waals surface area contributed by atoms with E-state index in [1.807, 2.05) is 11.1 Å². The fraction of sp³-hybridized carbons (Fsp3) is 0.912. The second kappa shape index (κ2) is 27.2. The summed E-state index contributed by atoms with van der Waals surface area (Å²) in [7, 11) is 0. The topological polar surface area (TPSA) is 26.3 Å². The zero-order valence-electron chi connectivity index (χ0n) is 41.8. The normalized spacial score (nSPS) is 26.4. The van der Waals surface area contributed by atoms with Crippen molar-refractivity contribution in [3.63, 3.8) is 0 Å². The molecule has 0 aromatic carbocycles.